The number of hydrazine groups is 1. The molecule has 0 saturated carbocycles. The minimum absolute atomic E-state index is 0.00844. The lowest BCUT2D eigenvalue weighted by Crippen LogP contribution is -2.49. The molecule has 0 radical (unpaired) electrons. The van der Waals surface area contributed by atoms with Crippen molar-refractivity contribution in [1.82, 2.24) is 10.4 Å². The third kappa shape index (κ3) is 4.97. The van der Waals surface area contributed by atoms with Gasteiger partial charge in [0.15, 0.2) is 0 Å². The molecule has 34 heavy (non-hydrogen) atoms. The number of amides is 3. The molecule has 1 aliphatic heterocycles. The summed E-state index contributed by atoms with van der Waals surface area (Å²) in [6.45, 7) is 0. The van der Waals surface area contributed by atoms with Crippen LogP contribution in [0.25, 0.3) is 0 Å². The summed E-state index contributed by atoms with van der Waals surface area (Å²) in [5, 5.41) is 3.69. The molecule has 172 valence electrons. The van der Waals surface area contributed by atoms with Crippen LogP contribution in [0, 0.1) is 5.82 Å². The molecule has 4 rings (SSSR count). The fourth-order valence-corrected chi connectivity index (χ4v) is 4.06. The van der Waals surface area contributed by atoms with Gasteiger partial charge in [-0.15, -0.1) is 0 Å². The number of anilines is 2. The lowest BCUT2D eigenvalue weighted by Gasteiger charge is -2.24. The smallest absolute Gasteiger partial charge is 0.269 e. The summed E-state index contributed by atoms with van der Waals surface area (Å²) in [4.78, 5) is 40.2. The summed E-state index contributed by atoms with van der Waals surface area (Å²) in [6, 6.07) is 19.9. The monoisotopic (exact) mass is 540 g/mol. The molecule has 1 heterocycles. The molecule has 7 nitrogen and oxygen atoms in total. The van der Waals surface area contributed by atoms with Crippen molar-refractivity contribution in [2.24, 2.45) is 0 Å². The van der Waals surface area contributed by atoms with Gasteiger partial charge in [-0.3, -0.25) is 24.7 Å². The van der Waals surface area contributed by atoms with Crippen molar-refractivity contribution in [2.45, 2.75) is 12.5 Å². The topological polar surface area (TPSA) is 81.8 Å². The molecule has 0 aromatic heterocycles. The second-order valence-corrected chi connectivity index (χ2v) is 8.64. The second-order valence-electron chi connectivity index (χ2n) is 7.36. The summed E-state index contributed by atoms with van der Waals surface area (Å²) in [5.41, 5.74) is 3.47. The van der Waals surface area contributed by atoms with Crippen LogP contribution >= 0.6 is 28.1 Å². The number of hydrogen-bond donors (Lipinski definition) is 2. The van der Waals surface area contributed by atoms with Crippen LogP contribution in [-0.2, 0) is 9.59 Å². The van der Waals surface area contributed by atoms with Crippen molar-refractivity contribution >= 4 is 62.4 Å². The standard InChI is InChI=1S/C24H18BrFN4O3S/c25-16-12-10-15(11-13-16)22(32)28-30-20(14-21(31)27-19-9-5-4-8-18(19)26)23(33)29(24(30)34)17-6-2-1-3-7-17/h1-13,20H,14H2,(H,27,31)(H,28,32). The van der Waals surface area contributed by atoms with E-state index in [2.05, 4.69) is 26.7 Å². The van der Waals surface area contributed by atoms with Crippen LogP contribution in [0.3, 0.4) is 0 Å². The van der Waals surface area contributed by atoms with E-state index in [-0.39, 0.29) is 17.2 Å². The van der Waals surface area contributed by atoms with E-state index in [9.17, 15) is 18.8 Å². The van der Waals surface area contributed by atoms with Crippen molar-refractivity contribution in [3.05, 3.63) is 94.7 Å². The number of nitrogens with zero attached hydrogens (tertiary/aromatic N) is 2. The maximum Gasteiger partial charge on any atom is 0.269 e. The molecule has 10 heteroatoms. The van der Waals surface area contributed by atoms with Crippen LogP contribution in [0.4, 0.5) is 15.8 Å². The van der Waals surface area contributed by atoms with Crippen molar-refractivity contribution in [3.63, 3.8) is 0 Å². The van der Waals surface area contributed by atoms with Gasteiger partial charge >= 0.3 is 0 Å². The highest BCUT2D eigenvalue weighted by molar-refractivity contribution is 9.10. The molecule has 1 atom stereocenters. The summed E-state index contributed by atoms with van der Waals surface area (Å²) in [5.74, 6) is -2.20. The van der Waals surface area contributed by atoms with Crippen molar-refractivity contribution < 1.29 is 18.8 Å². The van der Waals surface area contributed by atoms with E-state index in [1.165, 1.54) is 28.1 Å². The van der Waals surface area contributed by atoms with Crippen LogP contribution in [0.5, 0.6) is 0 Å². The van der Waals surface area contributed by atoms with E-state index in [1.54, 1.807) is 60.7 Å². The zero-order chi connectivity index (χ0) is 24.2. The van der Waals surface area contributed by atoms with Crippen LogP contribution < -0.4 is 15.6 Å². The summed E-state index contributed by atoms with van der Waals surface area (Å²) < 4.78 is 14.8. The average Bonchev–Trinajstić information content (AvgIpc) is 3.05. The highest BCUT2D eigenvalue weighted by Gasteiger charge is 2.45. The first-order valence-electron chi connectivity index (χ1n) is 10.2. The first-order chi connectivity index (χ1) is 16.3. The Balaban J connectivity index is 1.60. The Morgan fingerprint density at radius 2 is 1.62 bits per heavy atom. The molecule has 1 unspecified atom stereocenters. The zero-order valence-corrected chi connectivity index (χ0v) is 20.0. The third-order valence-electron chi connectivity index (χ3n) is 5.08. The molecular formula is C24H18BrFN4O3S. The Labute approximate surface area is 208 Å². The van der Waals surface area contributed by atoms with Gasteiger partial charge in [-0.2, -0.15) is 0 Å². The number of rotatable bonds is 6. The van der Waals surface area contributed by atoms with E-state index in [0.29, 0.717) is 11.3 Å². The number of thiocarbonyl (C=S) groups is 1. The van der Waals surface area contributed by atoms with Crippen LogP contribution in [0.1, 0.15) is 16.8 Å². The molecule has 0 aliphatic carbocycles. The maximum absolute atomic E-state index is 14.0. The normalized spacial score (nSPS) is 15.4. The van der Waals surface area contributed by atoms with Gasteiger partial charge in [0.25, 0.3) is 11.8 Å². The number of para-hydroxylation sites is 2. The van der Waals surface area contributed by atoms with Gasteiger partial charge in [0.1, 0.15) is 11.9 Å². The number of carbonyl (C=O) groups excluding carboxylic acids is 3. The lowest BCUT2D eigenvalue weighted by atomic mass is 10.1. The predicted octanol–water partition coefficient (Wildman–Crippen LogP) is 4.26. The van der Waals surface area contributed by atoms with Gasteiger partial charge in [-0.25, -0.2) is 9.40 Å². The quantitative estimate of drug-likeness (QED) is 0.456. The predicted molar refractivity (Wildman–Crippen MR) is 133 cm³/mol. The Morgan fingerprint density at radius 1 is 0.971 bits per heavy atom. The van der Waals surface area contributed by atoms with E-state index >= 15 is 0 Å². The molecule has 3 aromatic rings. The summed E-state index contributed by atoms with van der Waals surface area (Å²) in [6.07, 6.45) is -0.364. The van der Waals surface area contributed by atoms with Crippen LogP contribution in [0.2, 0.25) is 0 Å². The molecule has 0 spiro atoms. The SMILES string of the molecule is O=C(CC1C(=O)N(c2ccccc2)C(=S)N1NC(=O)c1ccc(Br)cc1)Nc1ccccc1F. The molecule has 3 amide bonds. The molecule has 1 fully saturated rings. The molecule has 2 N–H and O–H groups in total. The lowest BCUT2D eigenvalue weighted by molar-refractivity contribution is -0.124. The largest absolute Gasteiger partial charge is 0.324 e. The van der Waals surface area contributed by atoms with Crippen LogP contribution in [-0.4, -0.2) is 33.9 Å². The molecule has 1 aliphatic rings. The van der Waals surface area contributed by atoms with Crippen molar-refractivity contribution in [1.29, 1.82) is 0 Å². The van der Waals surface area contributed by atoms with Gasteiger partial charge in [-0.05, 0) is 60.7 Å². The molecule has 0 bridgehead atoms. The van der Waals surface area contributed by atoms with E-state index in [1.807, 2.05) is 0 Å². The molecular weight excluding hydrogens is 523 g/mol. The summed E-state index contributed by atoms with van der Waals surface area (Å²) in [7, 11) is 0. The van der Waals surface area contributed by atoms with E-state index in [0.717, 1.165) is 4.47 Å². The summed E-state index contributed by atoms with van der Waals surface area (Å²) >= 11 is 8.83. The Hall–Kier alpha value is -3.63. The van der Waals surface area contributed by atoms with Crippen molar-refractivity contribution in [2.75, 3.05) is 10.2 Å². The van der Waals surface area contributed by atoms with E-state index < -0.39 is 29.6 Å². The van der Waals surface area contributed by atoms with Gasteiger partial charge < -0.3 is 5.32 Å². The fraction of sp³-hybridized carbons (Fsp3) is 0.0833. The first kappa shape index (κ1) is 23.5. The number of carbonyl (C=O) groups is 3. The van der Waals surface area contributed by atoms with Gasteiger partial charge in [0.05, 0.1) is 17.8 Å². The minimum atomic E-state index is -1.13. The number of halogens is 2. The molecule has 1 saturated heterocycles. The average molecular weight is 541 g/mol. The first-order valence-corrected chi connectivity index (χ1v) is 11.4. The highest BCUT2D eigenvalue weighted by atomic mass is 79.9. The minimum Gasteiger partial charge on any atom is -0.324 e. The maximum atomic E-state index is 14.0. The zero-order valence-electron chi connectivity index (χ0n) is 17.6. The Bertz CT molecular complexity index is 1260. The van der Waals surface area contributed by atoms with Gasteiger partial charge in [0.2, 0.25) is 11.0 Å². The number of hydrogen-bond acceptors (Lipinski definition) is 4. The Kier molecular flexibility index (Phi) is 6.99. The number of nitrogens with one attached hydrogen (secondary N) is 2. The van der Waals surface area contributed by atoms with E-state index in [4.69, 9.17) is 12.2 Å². The third-order valence-corrected chi connectivity index (χ3v) is 5.99. The van der Waals surface area contributed by atoms with Crippen LogP contribution in [0.15, 0.2) is 83.3 Å². The molecule has 3 aromatic carbocycles. The van der Waals surface area contributed by atoms with Gasteiger partial charge in [0, 0.05) is 10.0 Å². The fourth-order valence-electron chi connectivity index (χ4n) is 3.43. The number of benzene rings is 3. The van der Waals surface area contributed by atoms with Crippen molar-refractivity contribution in [3.8, 4) is 0 Å². The highest BCUT2D eigenvalue weighted by Crippen LogP contribution is 2.26. The second kappa shape index (κ2) is 10.1. The van der Waals surface area contributed by atoms with Gasteiger partial charge in [-0.1, -0.05) is 46.3 Å². The Morgan fingerprint density at radius 3 is 2.29 bits per heavy atom.